The molecule has 8 nitrogen and oxygen atoms in total. The highest BCUT2D eigenvalue weighted by Crippen LogP contribution is 2.21. The fourth-order valence-electron chi connectivity index (χ4n) is 2.53. The van der Waals surface area contributed by atoms with Gasteiger partial charge in [-0.15, -0.1) is 5.10 Å². The molecular weight excluding hydrogens is 306 g/mol. The Morgan fingerprint density at radius 3 is 2.68 bits per heavy atom. The van der Waals surface area contributed by atoms with Crippen molar-refractivity contribution in [1.29, 1.82) is 0 Å². The number of hydrogen-bond donors (Lipinski definition) is 0. The number of anilines is 1. The number of piperazine rings is 1. The van der Waals surface area contributed by atoms with E-state index in [0.29, 0.717) is 0 Å². The van der Waals surface area contributed by atoms with Crippen LogP contribution >= 0.6 is 11.6 Å². The lowest BCUT2D eigenvalue weighted by Gasteiger charge is -2.36. The van der Waals surface area contributed by atoms with Crippen LogP contribution in [0.4, 0.5) is 5.69 Å². The summed E-state index contributed by atoms with van der Waals surface area (Å²) in [5, 5.41) is 12.0. The van der Waals surface area contributed by atoms with Crippen molar-refractivity contribution in [3.05, 3.63) is 34.0 Å². The fraction of sp³-hybridized carbons (Fsp3) is 0.538. The van der Waals surface area contributed by atoms with E-state index < -0.39 is 0 Å². The van der Waals surface area contributed by atoms with E-state index in [-0.39, 0.29) is 10.6 Å². The molecular formula is C13H18ClN7O. The highest BCUT2D eigenvalue weighted by molar-refractivity contribution is 6.33. The first-order valence-electron chi connectivity index (χ1n) is 7.18. The van der Waals surface area contributed by atoms with Crippen LogP contribution in [0.1, 0.15) is 0 Å². The zero-order valence-corrected chi connectivity index (χ0v) is 13.1. The third kappa shape index (κ3) is 3.12. The fourth-order valence-corrected chi connectivity index (χ4v) is 2.82. The van der Waals surface area contributed by atoms with Gasteiger partial charge in [-0.05, 0) is 0 Å². The maximum atomic E-state index is 11.8. The van der Waals surface area contributed by atoms with Crippen LogP contribution in [-0.2, 0) is 13.6 Å². The van der Waals surface area contributed by atoms with Gasteiger partial charge in [0.2, 0.25) is 0 Å². The molecule has 0 unspecified atom stereocenters. The maximum Gasteiger partial charge on any atom is 0.287 e. The average molecular weight is 324 g/mol. The highest BCUT2D eigenvalue weighted by atomic mass is 35.5. The van der Waals surface area contributed by atoms with Gasteiger partial charge in [0.05, 0.1) is 24.6 Å². The van der Waals surface area contributed by atoms with E-state index in [1.54, 1.807) is 19.4 Å². The number of aryl methyl sites for hydroxylation is 1. The molecule has 0 spiro atoms. The summed E-state index contributed by atoms with van der Waals surface area (Å²) < 4.78 is 3.08. The second-order valence-corrected chi connectivity index (χ2v) is 5.65. The molecule has 0 atom stereocenters. The van der Waals surface area contributed by atoms with Gasteiger partial charge in [-0.3, -0.25) is 14.4 Å². The van der Waals surface area contributed by atoms with Gasteiger partial charge in [0.25, 0.3) is 5.56 Å². The van der Waals surface area contributed by atoms with Gasteiger partial charge in [0, 0.05) is 46.0 Å². The lowest BCUT2D eigenvalue weighted by atomic mass is 10.3. The summed E-state index contributed by atoms with van der Waals surface area (Å²) in [5.41, 5.74) is 0.466. The van der Waals surface area contributed by atoms with Gasteiger partial charge >= 0.3 is 0 Å². The SMILES string of the molecule is Cn1ncc(N2CCN(CCn3ccnn3)CC2)c(Cl)c1=O. The number of nitrogens with zero attached hydrogens (tertiary/aromatic N) is 7. The monoisotopic (exact) mass is 323 g/mol. The molecule has 0 bridgehead atoms. The van der Waals surface area contributed by atoms with Crippen LogP contribution in [0.3, 0.4) is 0 Å². The summed E-state index contributed by atoms with van der Waals surface area (Å²) in [6.07, 6.45) is 5.21. The topological polar surface area (TPSA) is 72.1 Å². The molecule has 1 aliphatic rings. The Morgan fingerprint density at radius 1 is 1.23 bits per heavy atom. The average Bonchev–Trinajstić information content (AvgIpc) is 3.05. The van der Waals surface area contributed by atoms with E-state index in [1.807, 2.05) is 10.9 Å². The molecule has 1 fully saturated rings. The summed E-state index contributed by atoms with van der Waals surface area (Å²) in [6.45, 7) is 5.24. The van der Waals surface area contributed by atoms with Crippen molar-refractivity contribution in [3.63, 3.8) is 0 Å². The summed E-state index contributed by atoms with van der Waals surface area (Å²) in [7, 11) is 1.60. The summed E-state index contributed by atoms with van der Waals surface area (Å²) in [6, 6.07) is 0. The smallest absolute Gasteiger partial charge is 0.287 e. The molecule has 2 aromatic heterocycles. The van der Waals surface area contributed by atoms with E-state index in [2.05, 4.69) is 25.2 Å². The molecule has 0 N–H and O–H groups in total. The Hall–Kier alpha value is -1.93. The molecule has 1 aliphatic heterocycles. The molecule has 0 saturated carbocycles. The maximum absolute atomic E-state index is 11.8. The number of rotatable bonds is 4. The van der Waals surface area contributed by atoms with Crippen molar-refractivity contribution in [1.82, 2.24) is 29.7 Å². The molecule has 0 radical (unpaired) electrons. The molecule has 118 valence electrons. The zero-order chi connectivity index (χ0) is 15.5. The molecule has 0 aromatic carbocycles. The minimum absolute atomic E-state index is 0.244. The van der Waals surface area contributed by atoms with Crippen LogP contribution in [-0.4, -0.2) is 62.4 Å². The van der Waals surface area contributed by atoms with Crippen LogP contribution < -0.4 is 10.5 Å². The Labute approximate surface area is 132 Å². The van der Waals surface area contributed by atoms with Gasteiger partial charge in [-0.2, -0.15) is 5.10 Å². The molecule has 22 heavy (non-hydrogen) atoms. The molecule has 2 aromatic rings. The standard InChI is InChI=1S/C13H18ClN7O/c1-18-13(22)12(14)11(10-16-18)20-7-4-19(5-8-20)6-9-21-3-2-15-17-21/h2-3,10H,4-9H2,1H3. The third-order valence-corrected chi connectivity index (χ3v) is 4.25. The number of halogens is 1. The van der Waals surface area contributed by atoms with Crippen molar-refractivity contribution in [3.8, 4) is 0 Å². The number of aromatic nitrogens is 5. The largest absolute Gasteiger partial charge is 0.366 e. The van der Waals surface area contributed by atoms with E-state index in [0.717, 1.165) is 45.0 Å². The van der Waals surface area contributed by atoms with E-state index in [1.165, 1.54) is 4.68 Å². The van der Waals surface area contributed by atoms with Gasteiger partial charge in [0.15, 0.2) is 0 Å². The minimum Gasteiger partial charge on any atom is -0.366 e. The molecule has 0 amide bonds. The van der Waals surface area contributed by atoms with Crippen molar-refractivity contribution in [2.45, 2.75) is 6.54 Å². The van der Waals surface area contributed by atoms with Crippen molar-refractivity contribution in [2.75, 3.05) is 37.6 Å². The quantitative estimate of drug-likeness (QED) is 0.779. The Bertz CT molecular complexity index is 676. The molecule has 0 aliphatic carbocycles. The van der Waals surface area contributed by atoms with Crippen molar-refractivity contribution >= 4 is 17.3 Å². The van der Waals surface area contributed by atoms with E-state index >= 15 is 0 Å². The van der Waals surface area contributed by atoms with Crippen LogP contribution in [0.5, 0.6) is 0 Å². The normalized spacial score (nSPS) is 16.2. The summed E-state index contributed by atoms with van der Waals surface area (Å²) in [4.78, 5) is 16.3. The van der Waals surface area contributed by atoms with Gasteiger partial charge < -0.3 is 4.90 Å². The van der Waals surface area contributed by atoms with Crippen LogP contribution in [0.15, 0.2) is 23.4 Å². The first kappa shape index (κ1) is 15.0. The predicted octanol–water partition coefficient (Wildman–Crippen LogP) is -0.153. The van der Waals surface area contributed by atoms with Gasteiger partial charge in [-0.1, -0.05) is 16.8 Å². The molecule has 3 heterocycles. The summed E-state index contributed by atoms with van der Waals surface area (Å²) >= 11 is 6.15. The molecule has 3 rings (SSSR count). The first-order valence-corrected chi connectivity index (χ1v) is 7.56. The summed E-state index contributed by atoms with van der Waals surface area (Å²) in [5.74, 6) is 0. The first-order chi connectivity index (χ1) is 10.6. The Kier molecular flexibility index (Phi) is 4.39. The highest BCUT2D eigenvalue weighted by Gasteiger charge is 2.20. The van der Waals surface area contributed by atoms with Crippen LogP contribution in [0.2, 0.25) is 5.02 Å². The van der Waals surface area contributed by atoms with Crippen LogP contribution in [0, 0.1) is 0 Å². The van der Waals surface area contributed by atoms with Gasteiger partial charge in [-0.25, -0.2) is 4.68 Å². The van der Waals surface area contributed by atoms with E-state index in [4.69, 9.17) is 11.6 Å². The second-order valence-electron chi connectivity index (χ2n) is 5.27. The Morgan fingerprint density at radius 2 is 2.00 bits per heavy atom. The zero-order valence-electron chi connectivity index (χ0n) is 12.4. The lowest BCUT2D eigenvalue weighted by molar-refractivity contribution is 0.243. The van der Waals surface area contributed by atoms with Crippen molar-refractivity contribution < 1.29 is 0 Å². The van der Waals surface area contributed by atoms with Gasteiger partial charge in [0.1, 0.15) is 5.02 Å². The predicted molar refractivity (Wildman–Crippen MR) is 83.2 cm³/mol. The minimum atomic E-state index is -0.257. The second kappa shape index (κ2) is 6.45. The van der Waals surface area contributed by atoms with Crippen LogP contribution in [0.25, 0.3) is 0 Å². The molecule has 9 heteroatoms. The van der Waals surface area contributed by atoms with E-state index in [9.17, 15) is 4.79 Å². The molecule has 1 saturated heterocycles. The third-order valence-electron chi connectivity index (χ3n) is 3.89. The lowest BCUT2D eigenvalue weighted by Crippen LogP contribution is -2.47. The Balaban J connectivity index is 1.57. The number of hydrogen-bond acceptors (Lipinski definition) is 6. The van der Waals surface area contributed by atoms with Crippen molar-refractivity contribution in [2.24, 2.45) is 7.05 Å².